The maximum Gasteiger partial charge on any atom is 0.100 e. The van der Waals surface area contributed by atoms with Gasteiger partial charge in [-0.1, -0.05) is 13.8 Å². The number of aromatic nitrogens is 1. The molecule has 0 spiro atoms. The second-order valence-electron chi connectivity index (χ2n) is 4.27. The first-order valence-electron chi connectivity index (χ1n) is 4.59. The summed E-state index contributed by atoms with van der Waals surface area (Å²) in [6.45, 7) is 7.97. The standard InChI is InChI=1S/C10H18NOP/c1-9(2)10-6-5-7-11(10)8-13(3,4)12/h5-7,9H,8H2,1-4H3. The molecular weight excluding hydrogens is 181 g/mol. The predicted octanol–water partition coefficient (Wildman–Crippen LogP) is 3.19. The van der Waals surface area contributed by atoms with Gasteiger partial charge in [-0.3, -0.25) is 0 Å². The van der Waals surface area contributed by atoms with E-state index in [0.29, 0.717) is 12.2 Å². The Balaban J connectivity index is 2.89. The van der Waals surface area contributed by atoms with E-state index in [1.165, 1.54) is 5.69 Å². The minimum absolute atomic E-state index is 0.501. The molecule has 13 heavy (non-hydrogen) atoms. The molecule has 74 valence electrons. The molecule has 2 nitrogen and oxygen atoms in total. The predicted molar refractivity (Wildman–Crippen MR) is 58.0 cm³/mol. The summed E-state index contributed by atoms with van der Waals surface area (Å²) in [6, 6.07) is 4.12. The van der Waals surface area contributed by atoms with Crippen molar-refractivity contribution in [3.63, 3.8) is 0 Å². The molecule has 0 aliphatic rings. The molecule has 3 heteroatoms. The fourth-order valence-corrected chi connectivity index (χ4v) is 2.44. The van der Waals surface area contributed by atoms with E-state index in [2.05, 4.69) is 24.5 Å². The van der Waals surface area contributed by atoms with Gasteiger partial charge >= 0.3 is 0 Å². The summed E-state index contributed by atoms with van der Waals surface area (Å²) >= 11 is 0. The zero-order valence-corrected chi connectivity index (χ0v) is 9.71. The molecule has 0 bridgehead atoms. The highest BCUT2D eigenvalue weighted by Gasteiger charge is 2.11. The lowest BCUT2D eigenvalue weighted by molar-refractivity contribution is 0.571. The molecule has 0 aliphatic carbocycles. The van der Waals surface area contributed by atoms with Crippen molar-refractivity contribution in [1.82, 2.24) is 4.57 Å². The van der Waals surface area contributed by atoms with Crippen LogP contribution in [0.5, 0.6) is 0 Å². The lowest BCUT2D eigenvalue weighted by Crippen LogP contribution is -2.03. The summed E-state index contributed by atoms with van der Waals surface area (Å²) in [7, 11) is -1.96. The van der Waals surface area contributed by atoms with E-state index in [1.807, 2.05) is 25.6 Å². The molecule has 1 aromatic heterocycles. The second kappa shape index (κ2) is 3.71. The van der Waals surface area contributed by atoms with E-state index < -0.39 is 7.14 Å². The Hall–Kier alpha value is -0.490. The molecule has 0 atom stereocenters. The third-order valence-electron chi connectivity index (χ3n) is 1.95. The van der Waals surface area contributed by atoms with Crippen LogP contribution in [0.4, 0.5) is 0 Å². The third kappa shape index (κ3) is 3.04. The summed E-state index contributed by atoms with van der Waals surface area (Å²) < 4.78 is 13.7. The highest BCUT2D eigenvalue weighted by atomic mass is 31.2. The molecule has 0 saturated heterocycles. The van der Waals surface area contributed by atoms with Crippen molar-refractivity contribution in [2.75, 3.05) is 13.3 Å². The van der Waals surface area contributed by atoms with Gasteiger partial charge in [0.05, 0.1) is 6.29 Å². The van der Waals surface area contributed by atoms with Crippen LogP contribution in [0.25, 0.3) is 0 Å². The van der Waals surface area contributed by atoms with Crippen LogP contribution >= 0.6 is 7.14 Å². The van der Waals surface area contributed by atoms with E-state index >= 15 is 0 Å². The first kappa shape index (κ1) is 10.6. The number of rotatable bonds is 3. The minimum Gasteiger partial charge on any atom is -0.344 e. The fraction of sp³-hybridized carbons (Fsp3) is 0.600. The van der Waals surface area contributed by atoms with Crippen molar-refractivity contribution in [2.45, 2.75) is 26.1 Å². The Morgan fingerprint density at radius 2 is 2.08 bits per heavy atom. The fourth-order valence-electron chi connectivity index (χ4n) is 1.45. The zero-order chi connectivity index (χ0) is 10.1. The van der Waals surface area contributed by atoms with Crippen LogP contribution in [0.3, 0.4) is 0 Å². The summed E-state index contributed by atoms with van der Waals surface area (Å²) in [4.78, 5) is 0. The van der Waals surface area contributed by atoms with E-state index in [9.17, 15) is 4.57 Å². The van der Waals surface area contributed by atoms with Gasteiger partial charge in [0.15, 0.2) is 0 Å². The van der Waals surface area contributed by atoms with E-state index in [0.717, 1.165) is 0 Å². The lowest BCUT2D eigenvalue weighted by atomic mass is 10.1. The molecule has 1 rings (SSSR count). The van der Waals surface area contributed by atoms with Gasteiger partial charge in [0.2, 0.25) is 0 Å². The maximum absolute atomic E-state index is 11.6. The number of nitrogens with zero attached hydrogens (tertiary/aromatic N) is 1. The van der Waals surface area contributed by atoms with Crippen molar-refractivity contribution in [3.05, 3.63) is 24.0 Å². The first-order chi connectivity index (χ1) is 5.90. The molecule has 0 saturated carbocycles. The zero-order valence-electron chi connectivity index (χ0n) is 8.82. The monoisotopic (exact) mass is 199 g/mol. The quantitative estimate of drug-likeness (QED) is 0.685. The Morgan fingerprint density at radius 3 is 2.54 bits per heavy atom. The van der Waals surface area contributed by atoms with Crippen LogP contribution in [0.15, 0.2) is 18.3 Å². The molecule has 0 fully saturated rings. The van der Waals surface area contributed by atoms with Crippen molar-refractivity contribution in [3.8, 4) is 0 Å². The van der Waals surface area contributed by atoms with Crippen molar-refractivity contribution in [2.24, 2.45) is 0 Å². The highest BCUT2D eigenvalue weighted by Crippen LogP contribution is 2.38. The van der Waals surface area contributed by atoms with Crippen molar-refractivity contribution >= 4 is 7.14 Å². The van der Waals surface area contributed by atoms with E-state index in [-0.39, 0.29) is 0 Å². The van der Waals surface area contributed by atoms with Gasteiger partial charge in [-0.2, -0.15) is 0 Å². The third-order valence-corrected chi connectivity index (χ3v) is 2.93. The summed E-state index contributed by atoms with van der Waals surface area (Å²) in [6.07, 6.45) is 2.67. The molecular formula is C10H18NOP. The van der Waals surface area contributed by atoms with Crippen LogP contribution in [0.1, 0.15) is 25.5 Å². The van der Waals surface area contributed by atoms with Gasteiger partial charge in [-0.15, -0.1) is 0 Å². The van der Waals surface area contributed by atoms with Crippen LogP contribution in [-0.2, 0) is 10.9 Å². The molecule has 0 amide bonds. The summed E-state index contributed by atoms with van der Waals surface area (Å²) in [5.74, 6) is 0.501. The molecule has 0 aromatic carbocycles. The van der Waals surface area contributed by atoms with Crippen LogP contribution < -0.4 is 0 Å². The Labute approximate surface area is 80.3 Å². The van der Waals surface area contributed by atoms with Gasteiger partial charge in [0, 0.05) is 11.9 Å². The average molecular weight is 199 g/mol. The van der Waals surface area contributed by atoms with Crippen LogP contribution in [0, 0.1) is 0 Å². The Kier molecular flexibility index (Phi) is 3.02. The Morgan fingerprint density at radius 1 is 1.46 bits per heavy atom. The topological polar surface area (TPSA) is 22.0 Å². The molecule has 1 heterocycles. The van der Waals surface area contributed by atoms with Crippen LogP contribution in [-0.4, -0.2) is 17.9 Å². The minimum atomic E-state index is -1.96. The van der Waals surface area contributed by atoms with E-state index in [4.69, 9.17) is 0 Å². The van der Waals surface area contributed by atoms with Gasteiger partial charge < -0.3 is 9.13 Å². The van der Waals surface area contributed by atoms with E-state index in [1.54, 1.807) is 0 Å². The van der Waals surface area contributed by atoms with Gasteiger partial charge in [-0.05, 0) is 31.4 Å². The smallest absolute Gasteiger partial charge is 0.100 e. The van der Waals surface area contributed by atoms with Gasteiger partial charge in [0.25, 0.3) is 0 Å². The largest absolute Gasteiger partial charge is 0.344 e. The molecule has 0 N–H and O–H groups in total. The summed E-state index contributed by atoms with van der Waals surface area (Å²) in [5.41, 5.74) is 1.27. The molecule has 0 aliphatic heterocycles. The molecule has 1 aromatic rings. The first-order valence-corrected chi connectivity index (χ1v) is 7.38. The van der Waals surface area contributed by atoms with Crippen molar-refractivity contribution < 1.29 is 4.57 Å². The molecule has 0 radical (unpaired) electrons. The SMILES string of the molecule is CC(C)c1cccn1CP(C)(C)=O. The maximum atomic E-state index is 11.6. The molecule has 0 unspecified atom stereocenters. The summed E-state index contributed by atoms with van der Waals surface area (Å²) in [5, 5.41) is 0. The van der Waals surface area contributed by atoms with Gasteiger partial charge in [0.1, 0.15) is 7.14 Å². The average Bonchev–Trinajstić information content (AvgIpc) is 2.31. The number of hydrogen-bond acceptors (Lipinski definition) is 1. The van der Waals surface area contributed by atoms with Crippen molar-refractivity contribution in [1.29, 1.82) is 0 Å². The highest BCUT2D eigenvalue weighted by molar-refractivity contribution is 7.61. The number of hydrogen-bond donors (Lipinski definition) is 0. The Bertz CT molecular complexity index is 321. The normalized spacial score (nSPS) is 12.4. The van der Waals surface area contributed by atoms with Gasteiger partial charge in [-0.25, -0.2) is 0 Å². The lowest BCUT2D eigenvalue weighted by Gasteiger charge is -2.14. The second-order valence-corrected chi connectivity index (χ2v) is 7.70. The van der Waals surface area contributed by atoms with Crippen LogP contribution in [0.2, 0.25) is 0 Å².